The zero-order valence-electron chi connectivity index (χ0n) is 10.7. The van der Waals surface area contributed by atoms with Gasteiger partial charge in [-0.25, -0.2) is 4.98 Å². The van der Waals surface area contributed by atoms with Crippen molar-refractivity contribution in [3.8, 4) is 17.7 Å². The van der Waals surface area contributed by atoms with Crippen LogP contribution in [0, 0.1) is 32.1 Å². The van der Waals surface area contributed by atoms with Crippen LogP contribution in [0.5, 0.6) is 11.6 Å². The van der Waals surface area contributed by atoms with Gasteiger partial charge in [0, 0.05) is 6.20 Å². The minimum atomic E-state index is 0.367. The molecule has 90 valence electrons. The second-order valence-electron chi connectivity index (χ2n) is 4.29. The number of ether oxygens (including phenoxy) is 1. The Hall–Kier alpha value is -2.34. The van der Waals surface area contributed by atoms with Gasteiger partial charge in [0.1, 0.15) is 17.4 Å². The number of rotatable bonds is 2. The van der Waals surface area contributed by atoms with Gasteiger partial charge >= 0.3 is 0 Å². The summed E-state index contributed by atoms with van der Waals surface area (Å²) in [7, 11) is 0. The summed E-state index contributed by atoms with van der Waals surface area (Å²) in [6.07, 6.45) is 1.65. The number of hydrogen-bond donors (Lipinski definition) is 0. The first-order chi connectivity index (χ1) is 8.61. The van der Waals surface area contributed by atoms with E-state index >= 15 is 0 Å². The van der Waals surface area contributed by atoms with E-state index in [1.807, 2.05) is 39.0 Å². The summed E-state index contributed by atoms with van der Waals surface area (Å²) in [5.41, 5.74) is 3.49. The monoisotopic (exact) mass is 238 g/mol. The van der Waals surface area contributed by atoms with Crippen molar-refractivity contribution in [2.24, 2.45) is 0 Å². The van der Waals surface area contributed by atoms with Gasteiger partial charge < -0.3 is 4.74 Å². The lowest BCUT2D eigenvalue weighted by molar-refractivity contribution is 0.457. The lowest BCUT2D eigenvalue weighted by atomic mass is 10.1. The second kappa shape index (κ2) is 4.89. The van der Waals surface area contributed by atoms with Crippen molar-refractivity contribution >= 4 is 0 Å². The zero-order valence-corrected chi connectivity index (χ0v) is 10.7. The van der Waals surface area contributed by atoms with Crippen LogP contribution >= 0.6 is 0 Å². The third-order valence-corrected chi connectivity index (χ3v) is 2.79. The molecular formula is C15H14N2O. The van der Waals surface area contributed by atoms with E-state index in [9.17, 15) is 0 Å². The molecule has 1 aromatic heterocycles. The van der Waals surface area contributed by atoms with Gasteiger partial charge in [-0.2, -0.15) is 5.26 Å². The maximum atomic E-state index is 9.13. The molecule has 0 aliphatic carbocycles. The van der Waals surface area contributed by atoms with E-state index in [2.05, 4.69) is 11.1 Å². The lowest BCUT2D eigenvalue weighted by Gasteiger charge is -2.10. The molecule has 0 atom stereocenters. The highest BCUT2D eigenvalue weighted by Gasteiger charge is 2.10. The molecule has 0 amide bonds. The van der Waals surface area contributed by atoms with E-state index in [1.54, 1.807) is 12.3 Å². The molecule has 0 aliphatic rings. The Morgan fingerprint density at radius 1 is 1.11 bits per heavy atom. The summed E-state index contributed by atoms with van der Waals surface area (Å²) in [6, 6.07) is 9.89. The predicted octanol–water partition coefficient (Wildman–Crippen LogP) is 3.67. The fourth-order valence-electron chi connectivity index (χ4n) is 1.67. The first kappa shape index (κ1) is 12.1. The Balaban J connectivity index is 2.44. The van der Waals surface area contributed by atoms with Crippen molar-refractivity contribution < 1.29 is 4.74 Å². The highest BCUT2D eigenvalue weighted by atomic mass is 16.5. The van der Waals surface area contributed by atoms with Crippen molar-refractivity contribution in [2.45, 2.75) is 20.8 Å². The minimum absolute atomic E-state index is 0.367. The van der Waals surface area contributed by atoms with E-state index in [-0.39, 0.29) is 0 Å². The quantitative estimate of drug-likeness (QED) is 0.801. The van der Waals surface area contributed by atoms with Crippen LogP contribution in [0.15, 0.2) is 30.5 Å². The molecule has 0 saturated heterocycles. The number of nitriles is 1. The molecule has 2 rings (SSSR count). The Morgan fingerprint density at radius 2 is 1.89 bits per heavy atom. The van der Waals surface area contributed by atoms with Crippen molar-refractivity contribution in [1.29, 1.82) is 5.26 Å². The third kappa shape index (κ3) is 2.33. The third-order valence-electron chi connectivity index (χ3n) is 2.79. The van der Waals surface area contributed by atoms with Gasteiger partial charge in [-0.3, -0.25) is 0 Å². The molecule has 0 radical (unpaired) electrons. The molecule has 0 fully saturated rings. The number of benzene rings is 1. The summed E-state index contributed by atoms with van der Waals surface area (Å²) in [6.45, 7) is 5.84. The average Bonchev–Trinajstić information content (AvgIpc) is 2.34. The van der Waals surface area contributed by atoms with Crippen molar-refractivity contribution in [3.05, 3.63) is 52.7 Å². The molecule has 2 aromatic rings. The number of aryl methyl sites for hydroxylation is 3. The molecule has 0 saturated carbocycles. The van der Waals surface area contributed by atoms with Gasteiger partial charge in [-0.05, 0) is 49.6 Å². The van der Waals surface area contributed by atoms with Crippen LogP contribution in [0.3, 0.4) is 0 Å². The molecule has 0 bridgehead atoms. The SMILES string of the molecule is Cc1ccc(C)c(Oc2nccc(C)c2C#N)c1. The number of pyridine rings is 1. The van der Waals surface area contributed by atoms with Crippen LogP contribution in [-0.4, -0.2) is 4.98 Å². The molecule has 0 spiro atoms. The topological polar surface area (TPSA) is 45.9 Å². The Kier molecular flexibility index (Phi) is 3.29. The van der Waals surface area contributed by atoms with E-state index in [0.29, 0.717) is 11.4 Å². The Labute approximate surface area is 107 Å². The maximum Gasteiger partial charge on any atom is 0.237 e. The largest absolute Gasteiger partial charge is 0.437 e. The highest BCUT2D eigenvalue weighted by Crippen LogP contribution is 2.27. The number of nitrogens with zero attached hydrogens (tertiary/aromatic N) is 2. The molecule has 1 aromatic carbocycles. The van der Waals surface area contributed by atoms with Gasteiger partial charge in [0.05, 0.1) is 0 Å². The standard InChI is InChI=1S/C15H14N2O/c1-10-4-5-12(3)14(8-10)18-15-13(9-16)11(2)6-7-17-15/h4-8H,1-3H3. The Bertz CT molecular complexity index is 627. The van der Waals surface area contributed by atoms with Crippen molar-refractivity contribution in [3.63, 3.8) is 0 Å². The van der Waals surface area contributed by atoms with E-state index in [4.69, 9.17) is 10.00 Å². The summed E-state index contributed by atoms with van der Waals surface area (Å²) in [5.74, 6) is 1.11. The molecular weight excluding hydrogens is 224 g/mol. The van der Waals surface area contributed by atoms with E-state index in [0.717, 1.165) is 22.4 Å². The first-order valence-electron chi connectivity index (χ1n) is 5.72. The Morgan fingerprint density at radius 3 is 2.61 bits per heavy atom. The lowest BCUT2D eigenvalue weighted by Crippen LogP contribution is -1.95. The molecule has 0 N–H and O–H groups in total. The van der Waals surface area contributed by atoms with Gasteiger partial charge in [0.15, 0.2) is 0 Å². The summed E-state index contributed by atoms with van der Waals surface area (Å²) < 4.78 is 5.76. The summed E-state index contributed by atoms with van der Waals surface area (Å²) in [5, 5.41) is 9.13. The van der Waals surface area contributed by atoms with Gasteiger partial charge in [0.25, 0.3) is 0 Å². The molecule has 3 heteroatoms. The normalized spacial score (nSPS) is 9.89. The van der Waals surface area contributed by atoms with Crippen LogP contribution in [0.1, 0.15) is 22.3 Å². The summed E-state index contributed by atoms with van der Waals surface area (Å²) in [4.78, 5) is 4.13. The van der Waals surface area contributed by atoms with Crippen LogP contribution in [-0.2, 0) is 0 Å². The minimum Gasteiger partial charge on any atom is -0.437 e. The molecule has 0 aliphatic heterocycles. The average molecular weight is 238 g/mol. The molecule has 0 unspecified atom stereocenters. The maximum absolute atomic E-state index is 9.13. The smallest absolute Gasteiger partial charge is 0.237 e. The number of aromatic nitrogens is 1. The fourth-order valence-corrected chi connectivity index (χ4v) is 1.67. The van der Waals surface area contributed by atoms with Crippen LogP contribution in [0.4, 0.5) is 0 Å². The molecule has 3 nitrogen and oxygen atoms in total. The van der Waals surface area contributed by atoms with E-state index in [1.165, 1.54) is 0 Å². The van der Waals surface area contributed by atoms with Crippen molar-refractivity contribution in [1.82, 2.24) is 4.98 Å². The zero-order chi connectivity index (χ0) is 13.1. The van der Waals surface area contributed by atoms with E-state index < -0.39 is 0 Å². The van der Waals surface area contributed by atoms with Gasteiger partial charge in [-0.15, -0.1) is 0 Å². The van der Waals surface area contributed by atoms with Crippen LogP contribution in [0.25, 0.3) is 0 Å². The molecule has 18 heavy (non-hydrogen) atoms. The second-order valence-corrected chi connectivity index (χ2v) is 4.29. The predicted molar refractivity (Wildman–Crippen MR) is 69.7 cm³/mol. The van der Waals surface area contributed by atoms with Crippen LogP contribution < -0.4 is 4.74 Å². The first-order valence-corrected chi connectivity index (χ1v) is 5.72. The van der Waals surface area contributed by atoms with Crippen LogP contribution in [0.2, 0.25) is 0 Å². The number of hydrogen-bond acceptors (Lipinski definition) is 3. The van der Waals surface area contributed by atoms with Gasteiger partial charge in [0.2, 0.25) is 5.88 Å². The van der Waals surface area contributed by atoms with Crippen molar-refractivity contribution in [2.75, 3.05) is 0 Å². The highest BCUT2D eigenvalue weighted by molar-refractivity contribution is 5.47. The fraction of sp³-hybridized carbons (Fsp3) is 0.200. The molecule has 1 heterocycles. The van der Waals surface area contributed by atoms with Gasteiger partial charge in [-0.1, -0.05) is 12.1 Å². The summed E-state index contributed by atoms with van der Waals surface area (Å²) >= 11 is 0.